The molecule has 4 amide bonds. The zero-order chi connectivity index (χ0) is 35.6. The first kappa shape index (κ1) is 31.2. The van der Waals surface area contributed by atoms with Crippen molar-refractivity contribution in [2.24, 2.45) is 22.1 Å². The molecule has 4 aliphatic rings. The normalized spacial score (nSPS) is 22.0. The Labute approximate surface area is 286 Å². The molecule has 4 atom stereocenters. The Morgan fingerprint density at radius 2 is 0.922 bits per heavy atom. The molecule has 16 nitrogen and oxygen atoms in total. The van der Waals surface area contributed by atoms with Crippen molar-refractivity contribution in [3.63, 3.8) is 0 Å². The quantitative estimate of drug-likeness (QED) is 0.149. The van der Waals surface area contributed by atoms with Gasteiger partial charge in [-0.2, -0.15) is 0 Å². The lowest BCUT2D eigenvalue weighted by molar-refractivity contribution is -0.385. The maximum absolute atomic E-state index is 13.5. The summed E-state index contributed by atoms with van der Waals surface area (Å²) in [5.41, 5.74) is 1.98. The van der Waals surface area contributed by atoms with E-state index >= 15 is 0 Å². The highest BCUT2D eigenvalue weighted by Gasteiger charge is 2.58. The van der Waals surface area contributed by atoms with Gasteiger partial charge in [0, 0.05) is 12.1 Å². The van der Waals surface area contributed by atoms with Gasteiger partial charge in [-0.15, -0.1) is 0 Å². The lowest BCUT2D eigenvalue weighted by atomic mass is 9.93. The molecule has 4 aliphatic heterocycles. The molecule has 2 fully saturated rings. The van der Waals surface area contributed by atoms with Gasteiger partial charge < -0.3 is 9.68 Å². The lowest BCUT2D eigenvalue weighted by Gasteiger charge is -2.17. The summed E-state index contributed by atoms with van der Waals surface area (Å²) >= 11 is 0. The number of para-hydroxylation sites is 2. The summed E-state index contributed by atoms with van der Waals surface area (Å²) in [4.78, 5) is 88.1. The zero-order valence-electron chi connectivity index (χ0n) is 26.0. The van der Waals surface area contributed by atoms with E-state index in [4.69, 9.17) is 9.68 Å². The second-order valence-electron chi connectivity index (χ2n) is 12.0. The standard InChI is InChI=1S/C35H22N6O10/c42-32-26-28(22-5-1-3-7-24(22)40(46)47)36-50-30(26)34(44)38(32)20-13-9-18(10-14-20)17-19-11-15-21(16-12-19)39-33(43)27-29(37-51-31(27)35(39)45)23-6-2-4-8-25(23)41(48)49/h1-16,26-27,30-31H,17H2/t26-,27+,30+,31-. The summed E-state index contributed by atoms with van der Waals surface area (Å²) in [7, 11) is 0. The highest BCUT2D eigenvalue weighted by molar-refractivity contribution is 6.34. The summed E-state index contributed by atoms with van der Waals surface area (Å²) in [5.74, 6) is -4.74. The second kappa shape index (κ2) is 11.8. The second-order valence-corrected chi connectivity index (χ2v) is 12.0. The van der Waals surface area contributed by atoms with Gasteiger partial charge in [-0.25, -0.2) is 9.80 Å². The van der Waals surface area contributed by atoms with Crippen LogP contribution in [0.4, 0.5) is 22.7 Å². The van der Waals surface area contributed by atoms with Crippen LogP contribution in [-0.2, 0) is 35.3 Å². The molecule has 0 radical (unpaired) electrons. The number of nitrogens with zero attached hydrogens (tertiary/aromatic N) is 6. The number of fused-ring (bicyclic) bond motifs is 2. The molecule has 2 saturated heterocycles. The van der Waals surface area contributed by atoms with E-state index in [0.29, 0.717) is 17.8 Å². The number of hydrogen-bond acceptors (Lipinski definition) is 12. The maximum Gasteiger partial charge on any atom is 0.278 e. The predicted octanol–water partition coefficient (Wildman–Crippen LogP) is 3.68. The van der Waals surface area contributed by atoms with Crippen molar-refractivity contribution in [1.29, 1.82) is 0 Å². The molecule has 8 rings (SSSR count). The molecular weight excluding hydrogens is 664 g/mol. The van der Waals surface area contributed by atoms with Crippen LogP contribution in [0, 0.1) is 32.1 Å². The molecule has 4 heterocycles. The van der Waals surface area contributed by atoms with Gasteiger partial charge in [0.25, 0.3) is 23.2 Å². The first-order chi connectivity index (χ1) is 24.6. The average Bonchev–Trinajstić information content (AvgIpc) is 3.88. The molecule has 4 aromatic rings. The molecule has 0 spiro atoms. The van der Waals surface area contributed by atoms with Gasteiger partial charge in [0.05, 0.1) is 32.3 Å². The van der Waals surface area contributed by atoms with Crippen molar-refractivity contribution >= 4 is 57.8 Å². The van der Waals surface area contributed by atoms with Crippen LogP contribution in [-0.4, -0.2) is 57.1 Å². The van der Waals surface area contributed by atoms with E-state index in [2.05, 4.69) is 10.3 Å². The predicted molar refractivity (Wildman–Crippen MR) is 177 cm³/mol. The third-order valence-electron chi connectivity index (χ3n) is 9.18. The highest BCUT2D eigenvalue weighted by Crippen LogP contribution is 2.39. The molecule has 16 heteroatoms. The van der Waals surface area contributed by atoms with Gasteiger partial charge in [0.1, 0.15) is 23.3 Å². The van der Waals surface area contributed by atoms with Crippen LogP contribution in [0.5, 0.6) is 0 Å². The minimum Gasteiger partial charge on any atom is -0.381 e. The Hall–Kier alpha value is -7.10. The van der Waals surface area contributed by atoms with Gasteiger partial charge in [-0.3, -0.25) is 39.4 Å². The number of carbonyl (C=O) groups excluding carboxylic acids is 4. The number of amides is 4. The van der Waals surface area contributed by atoms with Crippen molar-refractivity contribution < 1.29 is 38.7 Å². The van der Waals surface area contributed by atoms with E-state index in [0.717, 1.165) is 20.9 Å². The summed E-state index contributed by atoms with van der Waals surface area (Å²) in [5, 5.41) is 30.9. The van der Waals surface area contributed by atoms with Gasteiger partial charge in [0.2, 0.25) is 24.0 Å². The Balaban J connectivity index is 0.960. The fraction of sp³-hybridized carbons (Fsp3) is 0.143. The molecule has 0 N–H and O–H groups in total. The van der Waals surface area contributed by atoms with E-state index in [9.17, 15) is 39.4 Å². The number of carbonyl (C=O) groups is 4. The third-order valence-corrected chi connectivity index (χ3v) is 9.18. The molecule has 0 saturated carbocycles. The summed E-state index contributed by atoms with van der Waals surface area (Å²) in [6.07, 6.45) is -2.04. The lowest BCUT2D eigenvalue weighted by Crippen LogP contribution is -2.33. The SMILES string of the molecule is O=C1[C@@H]2C(c3ccccc3[N+](=O)[O-])=NO[C@@H]2C(=O)N1c1ccc(Cc2ccc(N3C(=O)[C@H]4C(c5ccccc5[N+](=O)[O-])=NO[C@H]4C3=O)cc2)cc1. The van der Waals surface area contributed by atoms with Crippen LogP contribution in [0.25, 0.3) is 0 Å². The minimum atomic E-state index is -1.23. The number of rotatable bonds is 8. The minimum absolute atomic E-state index is 0.0232. The van der Waals surface area contributed by atoms with Crippen molar-refractivity contribution in [3.8, 4) is 0 Å². The molecule has 0 bridgehead atoms. The van der Waals surface area contributed by atoms with E-state index in [1.807, 2.05) is 0 Å². The first-order valence-corrected chi connectivity index (χ1v) is 15.5. The molecule has 0 unspecified atom stereocenters. The van der Waals surface area contributed by atoms with Gasteiger partial charge in [-0.1, -0.05) is 58.8 Å². The van der Waals surface area contributed by atoms with E-state index in [-0.39, 0.29) is 33.9 Å². The number of nitro groups is 2. The molecule has 51 heavy (non-hydrogen) atoms. The number of benzene rings is 4. The fourth-order valence-corrected chi connectivity index (χ4v) is 6.77. The van der Waals surface area contributed by atoms with Gasteiger partial charge in [0.15, 0.2) is 0 Å². The van der Waals surface area contributed by atoms with Gasteiger partial charge >= 0.3 is 0 Å². The number of oxime groups is 2. The number of imide groups is 2. The van der Waals surface area contributed by atoms with Crippen LogP contribution in [0.1, 0.15) is 22.3 Å². The molecule has 0 aliphatic carbocycles. The maximum atomic E-state index is 13.5. The summed E-state index contributed by atoms with van der Waals surface area (Å²) < 4.78 is 0. The number of anilines is 2. The average molecular weight is 687 g/mol. The molecule has 252 valence electrons. The van der Waals surface area contributed by atoms with E-state index < -0.39 is 57.5 Å². The fourth-order valence-electron chi connectivity index (χ4n) is 6.77. The molecular formula is C35H22N6O10. The van der Waals surface area contributed by atoms with Crippen LogP contribution in [0.3, 0.4) is 0 Å². The van der Waals surface area contributed by atoms with Crippen molar-refractivity contribution in [2.75, 3.05) is 9.80 Å². The third kappa shape index (κ3) is 4.91. The van der Waals surface area contributed by atoms with Crippen LogP contribution in [0.2, 0.25) is 0 Å². The topological polar surface area (TPSA) is 204 Å². The van der Waals surface area contributed by atoms with Crippen molar-refractivity contribution in [1.82, 2.24) is 0 Å². The Bertz CT molecular complexity index is 2110. The van der Waals surface area contributed by atoms with E-state index in [1.54, 1.807) is 60.7 Å². The van der Waals surface area contributed by atoms with Crippen molar-refractivity contribution in [2.45, 2.75) is 18.6 Å². The smallest absolute Gasteiger partial charge is 0.278 e. The number of nitro benzene ring substituents is 2. The zero-order valence-corrected chi connectivity index (χ0v) is 26.0. The Kier molecular flexibility index (Phi) is 7.21. The summed E-state index contributed by atoms with van der Waals surface area (Å²) in [6, 6.07) is 25.0. The Morgan fingerprint density at radius 3 is 1.29 bits per heavy atom. The highest BCUT2D eigenvalue weighted by atomic mass is 16.7. The van der Waals surface area contributed by atoms with E-state index in [1.165, 1.54) is 36.4 Å². The first-order valence-electron chi connectivity index (χ1n) is 15.5. The Morgan fingerprint density at radius 1 is 0.549 bits per heavy atom. The monoisotopic (exact) mass is 686 g/mol. The van der Waals surface area contributed by atoms with Crippen molar-refractivity contribution in [3.05, 3.63) is 140 Å². The van der Waals surface area contributed by atoms with Crippen LogP contribution >= 0.6 is 0 Å². The summed E-state index contributed by atoms with van der Waals surface area (Å²) in [6.45, 7) is 0. The number of hydrogen-bond donors (Lipinski definition) is 0. The molecule has 0 aromatic heterocycles. The van der Waals surface area contributed by atoms with Crippen LogP contribution in [0.15, 0.2) is 107 Å². The van der Waals surface area contributed by atoms with Crippen LogP contribution < -0.4 is 9.80 Å². The largest absolute Gasteiger partial charge is 0.381 e. The molecule has 4 aromatic carbocycles. The van der Waals surface area contributed by atoms with Gasteiger partial charge in [-0.05, 0) is 53.9 Å².